The Bertz CT molecular complexity index is 5800. The smallest absolute Gasteiger partial charge is 0.489 e. The van der Waals surface area contributed by atoms with Crippen LogP contribution in [0.3, 0.4) is 0 Å². The van der Waals surface area contributed by atoms with Crippen LogP contribution in [0.4, 0.5) is 26.3 Å². The number of alkyl halides is 6. The number of fused-ring (bicyclic) bond motifs is 5. The maximum Gasteiger partial charge on any atom is 0.494 e. The zero-order chi connectivity index (χ0) is 85.5. The van der Waals surface area contributed by atoms with E-state index in [9.17, 15) is 37.1 Å². The van der Waals surface area contributed by atoms with Gasteiger partial charge in [-0.05, 0) is 178 Å². The number of aliphatic hydroxyl groups excluding tert-OH is 1. The van der Waals surface area contributed by atoms with Crippen molar-refractivity contribution in [3.05, 3.63) is 259 Å². The van der Waals surface area contributed by atoms with Gasteiger partial charge in [0.2, 0.25) is 0 Å². The van der Waals surface area contributed by atoms with Gasteiger partial charge in [-0.2, -0.15) is 46.7 Å². The average molecular weight is 1920 g/mol. The van der Waals surface area contributed by atoms with Crippen molar-refractivity contribution in [1.29, 1.82) is 0 Å². The van der Waals surface area contributed by atoms with E-state index in [1.807, 2.05) is 157 Å². The topological polar surface area (TPSA) is 228 Å². The highest BCUT2D eigenvalue weighted by atomic mass is 79.9. The number of halogens is 10. The number of carboxylic acids is 1. The van der Waals surface area contributed by atoms with Crippen molar-refractivity contribution in [2.45, 2.75) is 151 Å². The summed E-state index contributed by atoms with van der Waals surface area (Å²) in [5, 5.41) is 43.7. The Morgan fingerprint density at radius 1 is 0.589 bits per heavy atom. The first-order valence-corrected chi connectivity index (χ1v) is 40.9. The van der Waals surface area contributed by atoms with Crippen molar-refractivity contribution in [1.82, 2.24) is 49.3 Å². The van der Waals surface area contributed by atoms with Gasteiger partial charge in [0.15, 0.2) is 0 Å². The molecule has 4 aliphatic rings. The zero-order valence-corrected chi connectivity index (χ0v) is 71.9. The molecule has 4 aromatic heterocycles. The van der Waals surface area contributed by atoms with Crippen LogP contribution in [0, 0.1) is 0 Å². The van der Waals surface area contributed by atoms with Crippen molar-refractivity contribution in [3.8, 4) is 28.0 Å². The third-order valence-corrected chi connectivity index (χ3v) is 22.7. The number of carboxylic acid groups (broad SMARTS) is 1. The van der Waals surface area contributed by atoms with Crippen molar-refractivity contribution < 1.29 is 69.7 Å². The number of aliphatic imine (C=N–C) groups is 1. The molecule has 1 amide bonds. The molecule has 2 saturated heterocycles. The summed E-state index contributed by atoms with van der Waals surface area (Å²) in [5.41, 5.74) is 8.42. The van der Waals surface area contributed by atoms with Crippen LogP contribution < -0.4 is 15.5 Å². The molecular weight excluding hydrogens is 1820 g/mol. The molecule has 13 aromatic rings. The highest BCUT2D eigenvalue weighted by Crippen LogP contribution is 2.40. The maximum atomic E-state index is 15.5. The maximum absolute atomic E-state index is 15.5. The van der Waals surface area contributed by atoms with E-state index in [-0.39, 0.29) is 56.4 Å². The van der Waals surface area contributed by atoms with Gasteiger partial charge in [0, 0.05) is 98.8 Å². The monoisotopic (exact) mass is 1920 g/mol. The fourth-order valence-corrected chi connectivity index (χ4v) is 14.6. The van der Waals surface area contributed by atoms with E-state index in [0.717, 1.165) is 126 Å². The Hall–Kier alpha value is -10.0. The van der Waals surface area contributed by atoms with Gasteiger partial charge in [-0.3, -0.25) is 28.5 Å². The van der Waals surface area contributed by atoms with Crippen LogP contribution in [0.5, 0.6) is 5.75 Å². The molecule has 7 heterocycles. The second-order valence-corrected chi connectivity index (χ2v) is 33.2. The second kappa shape index (κ2) is 42.8. The summed E-state index contributed by atoms with van der Waals surface area (Å²) in [6, 6.07) is 50.1. The lowest BCUT2D eigenvalue weighted by Crippen LogP contribution is -2.50. The molecule has 3 aliphatic heterocycles. The van der Waals surface area contributed by atoms with E-state index in [1.165, 1.54) is 77.4 Å². The number of hydrogen-bond acceptors (Lipinski definition) is 14. The molecule has 3 N–H and O–H groups in total. The molecule has 17 rings (SSSR count). The number of hydrogen-bond donors (Lipinski definition) is 3. The number of carbonyl (C=O) groups excluding carboxylic acids is 2. The predicted octanol–water partition coefficient (Wildman–Crippen LogP) is 22.1. The van der Waals surface area contributed by atoms with Crippen LogP contribution in [0.2, 0.25) is 5.02 Å². The van der Waals surface area contributed by atoms with Gasteiger partial charge in [-0.15, -0.1) is 0 Å². The average Bonchev–Trinajstić information content (AvgIpc) is 1.59. The quantitative estimate of drug-likeness (QED) is 0.0438. The number of aryl methyl sites for hydroxylation is 4. The van der Waals surface area contributed by atoms with Crippen LogP contribution in [-0.2, 0) is 80.9 Å². The van der Waals surface area contributed by atoms with E-state index in [0.29, 0.717) is 21.8 Å². The molecule has 1 aliphatic carbocycles. The third kappa shape index (κ3) is 24.1. The molecule has 0 radical (unpaired) electrons. The molecule has 0 unspecified atom stereocenters. The zero-order valence-electron chi connectivity index (χ0n) is 66.4. The Balaban J connectivity index is 0.000000220. The molecule has 0 spiro atoms. The highest BCUT2D eigenvalue weighted by Gasteiger charge is 2.52. The summed E-state index contributed by atoms with van der Waals surface area (Å²) in [4.78, 5) is 41.2. The van der Waals surface area contributed by atoms with E-state index in [1.54, 1.807) is 52.1 Å². The van der Waals surface area contributed by atoms with Gasteiger partial charge in [0.05, 0.1) is 82.2 Å². The van der Waals surface area contributed by atoms with E-state index in [4.69, 9.17) is 30.8 Å². The third-order valence-electron chi connectivity index (χ3n) is 20.9. The summed E-state index contributed by atoms with van der Waals surface area (Å²) in [6.45, 7) is 11.7. The van der Waals surface area contributed by atoms with Gasteiger partial charge in [0.1, 0.15) is 11.9 Å². The van der Waals surface area contributed by atoms with Crippen LogP contribution in [-0.4, -0.2) is 135 Å². The van der Waals surface area contributed by atoms with Crippen molar-refractivity contribution in [3.63, 3.8) is 0 Å². The van der Waals surface area contributed by atoms with Crippen LogP contribution in [0.25, 0.3) is 65.9 Å². The number of benzene rings is 9. The number of aromatic nitrogens is 8. The molecular formula is C93H106BBr3ClF6N11O9. The fraction of sp³-hybridized carbons (Fsp3) is 0.333. The predicted molar refractivity (Wildman–Crippen MR) is 494 cm³/mol. The highest BCUT2D eigenvalue weighted by molar-refractivity contribution is 9.11. The number of esters is 1. The van der Waals surface area contributed by atoms with Gasteiger partial charge in [-0.25, -0.2) is 9.59 Å². The molecule has 2 atom stereocenters. The summed E-state index contributed by atoms with van der Waals surface area (Å²) in [6.07, 6.45) is 12.1. The largest absolute Gasteiger partial charge is 0.494 e. The molecule has 0 bridgehead atoms. The second-order valence-electron chi connectivity index (χ2n) is 30.0. The summed E-state index contributed by atoms with van der Waals surface area (Å²) in [7, 11) is 6.89. The summed E-state index contributed by atoms with van der Waals surface area (Å²) in [5.74, 6) is -16.0. The van der Waals surface area contributed by atoms with Gasteiger partial charge < -0.3 is 39.2 Å². The number of ether oxygens (including phenoxy) is 2. The minimum absolute atomic E-state index is 0. The van der Waals surface area contributed by atoms with E-state index in [2.05, 4.69) is 106 Å². The SMILES string of the molecule is Brc1ccc2c(c1)CN=C2.C.C.C.C.C.CCOC(=O)C(F)(F)c1ccc(B2OC(C)(C)C(C)(C)O2)cc1.Cn1cc2ccc(Br)cc2n1.Cn1ncc2ccc(-c3ccc(C(F)(F)C(=O)N[C@H](CN4CCCC4)[C@H](O)c4ccc(OC5CC5)c(Cl)c4)cc3)cc21.Cn1ncc2ccc(-c3ccc(C(F)(F)C(=O)O)cc3)cc21.Cn1ncc2ccc(Br)cc21. The lowest BCUT2D eigenvalue weighted by Gasteiger charge is -2.32. The number of amides is 1. The summed E-state index contributed by atoms with van der Waals surface area (Å²) >= 11 is 16.6. The van der Waals surface area contributed by atoms with Crippen molar-refractivity contribution >= 4 is 140 Å². The number of aliphatic carboxylic acids is 1. The Morgan fingerprint density at radius 3 is 1.56 bits per heavy atom. The summed E-state index contributed by atoms with van der Waals surface area (Å²) < 4.78 is 118. The molecule has 20 nitrogen and oxygen atoms in total. The Kier molecular flexibility index (Phi) is 34.8. The number of carbonyl (C=O) groups is 3. The number of aliphatic hydroxyl groups is 1. The Labute approximate surface area is 750 Å². The number of likely N-dealkylation sites (tertiary alicyclic amines) is 1. The van der Waals surface area contributed by atoms with Gasteiger partial charge in [0.25, 0.3) is 5.91 Å². The first-order valence-electron chi connectivity index (χ1n) is 38.2. The molecule has 9 aromatic carbocycles. The minimum Gasteiger partial charge on any atom is -0.489 e. The van der Waals surface area contributed by atoms with Gasteiger partial charge in [-0.1, -0.05) is 218 Å². The molecule has 1 saturated carbocycles. The first-order chi connectivity index (χ1) is 56.5. The molecule has 3 fully saturated rings. The first kappa shape index (κ1) is 101. The molecule has 31 heteroatoms. The van der Waals surface area contributed by atoms with Gasteiger partial charge >= 0.3 is 36.8 Å². The van der Waals surface area contributed by atoms with Crippen LogP contribution in [0.15, 0.2) is 225 Å². The van der Waals surface area contributed by atoms with E-state index >= 15 is 8.78 Å². The minimum atomic E-state index is -3.88. The molecule has 124 heavy (non-hydrogen) atoms. The lowest BCUT2D eigenvalue weighted by molar-refractivity contribution is -0.173. The number of rotatable bonds is 17. The Morgan fingerprint density at radius 2 is 1.05 bits per heavy atom. The number of nitrogens with one attached hydrogen (secondary N) is 1. The lowest BCUT2D eigenvalue weighted by atomic mass is 9.78. The van der Waals surface area contributed by atoms with Crippen LogP contribution >= 0.6 is 59.4 Å². The van der Waals surface area contributed by atoms with Crippen molar-refractivity contribution in [2.24, 2.45) is 33.2 Å². The normalized spacial score (nSPS) is 14.6. The van der Waals surface area contributed by atoms with Crippen molar-refractivity contribution in [2.75, 3.05) is 26.2 Å². The van der Waals surface area contributed by atoms with E-state index < -0.39 is 82.8 Å². The standard InChI is InChI=1S/C32H33ClF2N4O3.C16H21BF2O4.C16H12F2N2O2.2C8H7BrN2.C8H6BrN.5CH4/c1-38-28-17-21(4-5-23(28)18-36-38)20-6-9-24(10-7-20)32(34,35)31(41)37-27(19-39-14-2-3-15-39)30(40)22-8-13-29(26(33)16-22)42-25-11-12-25;1-6-21-13(20)16(18,19)11-7-9-12(10-8-11)17-22-14(2,3)15(4,5)23-17;1-20-14-8-11(2-3-12(14)9-19-20)10-4-6-13(7-5-10)16(17,18)15(21)22;1-11-5-6-2-3-7(9)4-8(6)10-11;1-11-8-4-7(9)3-2-6(8)5-10-11;9-8-2-1-6-4-10-5-7(6)3-8;;;;;/h4-10,13,16-18,25,27,30,40H,2-3,11-12,14-15,19H2,1H3,(H,37,41);7-10H,6H2,1-5H3;2-9H,1H3,(H,21,22);2*2-5H,1H3;1-4H,5H2;5*1H4/t27-,30-;;;;;;;;;;/m1........../s1. The van der Waals surface area contributed by atoms with Crippen LogP contribution in [0.1, 0.15) is 137 Å². The fourth-order valence-electron chi connectivity index (χ4n) is 13.2. The number of nitrogens with zero attached hydrogens (tertiary/aromatic N) is 10. The molecule has 660 valence electrons.